The third-order valence-corrected chi connectivity index (χ3v) is 3.86. The summed E-state index contributed by atoms with van der Waals surface area (Å²) in [4.78, 5) is 25.3. The largest absolute Gasteiger partial charge is 0.478 e. The number of carboxylic acids is 1. The molecule has 0 aliphatic carbocycles. The van der Waals surface area contributed by atoms with E-state index in [1.54, 1.807) is 12.1 Å². The van der Waals surface area contributed by atoms with Crippen LogP contribution in [0.3, 0.4) is 0 Å². The van der Waals surface area contributed by atoms with Crippen molar-refractivity contribution in [3.63, 3.8) is 0 Å². The maximum Gasteiger partial charge on any atom is 0.335 e. The van der Waals surface area contributed by atoms with Crippen LogP contribution in [0, 0.1) is 0 Å². The van der Waals surface area contributed by atoms with E-state index in [9.17, 15) is 9.59 Å². The molecule has 0 aromatic heterocycles. The number of aromatic carboxylic acids is 1. The van der Waals surface area contributed by atoms with Crippen LogP contribution in [0.5, 0.6) is 0 Å². The Morgan fingerprint density at radius 3 is 2.29 bits per heavy atom. The summed E-state index contributed by atoms with van der Waals surface area (Å²) in [6, 6.07) is 6.25. The number of hydrogen-bond donors (Lipinski definition) is 2. The zero-order valence-electron chi connectivity index (χ0n) is 12.3. The Balaban J connectivity index is 1.86. The lowest BCUT2D eigenvalue weighted by Crippen LogP contribution is -2.44. The molecule has 1 heterocycles. The van der Waals surface area contributed by atoms with E-state index in [1.807, 2.05) is 0 Å². The predicted octanol–water partition coefficient (Wildman–Crippen LogP) is 1.99. The number of piperidine rings is 1. The van der Waals surface area contributed by atoms with Crippen molar-refractivity contribution in [2.24, 2.45) is 0 Å². The van der Waals surface area contributed by atoms with Crippen LogP contribution in [0.25, 0.3) is 0 Å². The lowest BCUT2D eigenvalue weighted by Gasteiger charge is -2.32. The fourth-order valence-electron chi connectivity index (χ4n) is 2.65. The van der Waals surface area contributed by atoms with Gasteiger partial charge >= 0.3 is 5.97 Å². The minimum absolute atomic E-state index is 0.124. The Bertz CT molecular complexity index is 491. The molecule has 114 valence electrons. The number of benzene rings is 1. The fourth-order valence-corrected chi connectivity index (χ4v) is 2.65. The van der Waals surface area contributed by atoms with Crippen molar-refractivity contribution in [1.82, 2.24) is 10.2 Å². The van der Waals surface area contributed by atoms with Gasteiger partial charge in [-0.1, -0.05) is 6.92 Å². The molecule has 0 radical (unpaired) electrons. The first-order valence-corrected chi connectivity index (χ1v) is 7.46. The number of likely N-dealkylation sites (tertiary alicyclic amines) is 1. The van der Waals surface area contributed by atoms with Crippen LogP contribution in [0.1, 0.15) is 46.9 Å². The van der Waals surface area contributed by atoms with Gasteiger partial charge in [0.25, 0.3) is 5.91 Å². The summed E-state index contributed by atoms with van der Waals surface area (Å²) in [6.45, 7) is 5.35. The number of carbonyl (C=O) groups excluding carboxylic acids is 1. The monoisotopic (exact) mass is 290 g/mol. The first-order valence-electron chi connectivity index (χ1n) is 7.46. The summed E-state index contributed by atoms with van der Waals surface area (Å²) < 4.78 is 0. The number of rotatable bonds is 5. The van der Waals surface area contributed by atoms with Gasteiger partial charge in [-0.25, -0.2) is 4.79 Å². The second-order valence-electron chi connectivity index (χ2n) is 5.47. The van der Waals surface area contributed by atoms with E-state index in [4.69, 9.17) is 5.11 Å². The van der Waals surface area contributed by atoms with E-state index in [0.717, 1.165) is 38.9 Å². The smallest absolute Gasteiger partial charge is 0.335 e. The summed E-state index contributed by atoms with van der Waals surface area (Å²) in [5, 5.41) is 11.9. The molecule has 1 saturated heterocycles. The van der Waals surface area contributed by atoms with Crippen molar-refractivity contribution in [2.75, 3.05) is 19.6 Å². The molecule has 0 saturated carbocycles. The van der Waals surface area contributed by atoms with Crippen LogP contribution in [-0.4, -0.2) is 47.6 Å². The molecule has 1 amide bonds. The molecule has 0 bridgehead atoms. The molecule has 0 unspecified atom stereocenters. The van der Waals surface area contributed by atoms with E-state index in [0.29, 0.717) is 5.56 Å². The lowest BCUT2D eigenvalue weighted by molar-refractivity contribution is 0.0696. The van der Waals surface area contributed by atoms with Gasteiger partial charge < -0.3 is 15.3 Å². The third kappa shape index (κ3) is 4.29. The Labute approximate surface area is 125 Å². The number of nitrogens with one attached hydrogen (secondary N) is 1. The maximum atomic E-state index is 12.1. The van der Waals surface area contributed by atoms with Crippen molar-refractivity contribution in [2.45, 2.75) is 32.2 Å². The zero-order chi connectivity index (χ0) is 15.2. The van der Waals surface area contributed by atoms with E-state index in [1.165, 1.54) is 12.1 Å². The van der Waals surface area contributed by atoms with Gasteiger partial charge in [-0.2, -0.15) is 0 Å². The molecule has 2 rings (SSSR count). The molecule has 1 aliphatic heterocycles. The van der Waals surface area contributed by atoms with Gasteiger partial charge in [0, 0.05) is 24.7 Å². The predicted molar refractivity (Wildman–Crippen MR) is 80.6 cm³/mol. The van der Waals surface area contributed by atoms with Crippen LogP contribution in [-0.2, 0) is 0 Å². The van der Waals surface area contributed by atoms with E-state index >= 15 is 0 Å². The van der Waals surface area contributed by atoms with Crippen LogP contribution < -0.4 is 5.32 Å². The highest BCUT2D eigenvalue weighted by Gasteiger charge is 2.20. The van der Waals surface area contributed by atoms with Crippen molar-refractivity contribution in [3.8, 4) is 0 Å². The van der Waals surface area contributed by atoms with Crippen molar-refractivity contribution in [1.29, 1.82) is 0 Å². The van der Waals surface area contributed by atoms with Gasteiger partial charge in [0.2, 0.25) is 0 Å². The average molecular weight is 290 g/mol. The standard InChI is InChI=1S/C16H22N2O3/c1-2-9-18-10-7-14(8-11-18)17-15(19)12-3-5-13(6-4-12)16(20)21/h3-6,14H,2,7-11H2,1H3,(H,17,19)(H,20,21). The Morgan fingerprint density at radius 2 is 1.76 bits per heavy atom. The number of amides is 1. The molecule has 1 aliphatic rings. The molecular formula is C16H22N2O3. The van der Waals surface area contributed by atoms with Gasteiger partial charge in [-0.05, 0) is 50.1 Å². The molecule has 2 N–H and O–H groups in total. The van der Waals surface area contributed by atoms with Gasteiger partial charge in [0.05, 0.1) is 5.56 Å². The fraction of sp³-hybridized carbons (Fsp3) is 0.500. The van der Waals surface area contributed by atoms with Crippen LogP contribution in [0.2, 0.25) is 0 Å². The second-order valence-corrected chi connectivity index (χ2v) is 5.47. The highest BCUT2D eigenvalue weighted by molar-refractivity contribution is 5.96. The summed E-state index contributed by atoms with van der Waals surface area (Å²) in [5.74, 6) is -1.11. The molecular weight excluding hydrogens is 268 g/mol. The minimum Gasteiger partial charge on any atom is -0.478 e. The highest BCUT2D eigenvalue weighted by atomic mass is 16.4. The summed E-state index contributed by atoms with van der Waals surface area (Å²) in [5.41, 5.74) is 0.704. The average Bonchev–Trinajstić information content (AvgIpc) is 2.49. The number of hydrogen-bond acceptors (Lipinski definition) is 3. The SMILES string of the molecule is CCCN1CCC(NC(=O)c2ccc(C(=O)O)cc2)CC1. The molecule has 0 atom stereocenters. The van der Waals surface area contributed by atoms with Gasteiger partial charge in [0.1, 0.15) is 0 Å². The minimum atomic E-state index is -0.981. The first-order chi connectivity index (χ1) is 10.1. The zero-order valence-corrected chi connectivity index (χ0v) is 12.3. The van der Waals surface area contributed by atoms with E-state index in [-0.39, 0.29) is 17.5 Å². The van der Waals surface area contributed by atoms with E-state index < -0.39 is 5.97 Å². The van der Waals surface area contributed by atoms with Gasteiger partial charge in [0.15, 0.2) is 0 Å². The highest BCUT2D eigenvalue weighted by Crippen LogP contribution is 2.12. The summed E-state index contributed by atoms with van der Waals surface area (Å²) in [7, 11) is 0. The first kappa shape index (κ1) is 15.5. The van der Waals surface area contributed by atoms with Crippen LogP contribution >= 0.6 is 0 Å². The topological polar surface area (TPSA) is 69.6 Å². The maximum absolute atomic E-state index is 12.1. The van der Waals surface area contributed by atoms with Crippen LogP contribution in [0.15, 0.2) is 24.3 Å². The lowest BCUT2D eigenvalue weighted by atomic mass is 10.0. The van der Waals surface area contributed by atoms with Crippen molar-refractivity contribution in [3.05, 3.63) is 35.4 Å². The molecule has 1 aromatic carbocycles. The number of nitrogens with zero attached hydrogens (tertiary/aromatic N) is 1. The second kappa shape index (κ2) is 7.22. The quantitative estimate of drug-likeness (QED) is 0.870. The van der Waals surface area contributed by atoms with Crippen molar-refractivity contribution < 1.29 is 14.7 Å². The molecule has 5 heteroatoms. The molecule has 0 spiro atoms. The van der Waals surface area contributed by atoms with E-state index in [2.05, 4.69) is 17.1 Å². The molecule has 1 aromatic rings. The van der Waals surface area contributed by atoms with Crippen LogP contribution in [0.4, 0.5) is 0 Å². The summed E-state index contributed by atoms with van der Waals surface area (Å²) in [6.07, 6.45) is 3.10. The van der Waals surface area contributed by atoms with Gasteiger partial charge in [-0.15, -0.1) is 0 Å². The summed E-state index contributed by atoms with van der Waals surface area (Å²) >= 11 is 0. The number of carbonyl (C=O) groups is 2. The van der Waals surface area contributed by atoms with Gasteiger partial charge in [-0.3, -0.25) is 4.79 Å². The van der Waals surface area contributed by atoms with Crippen molar-refractivity contribution >= 4 is 11.9 Å². The normalized spacial score (nSPS) is 16.6. The third-order valence-electron chi connectivity index (χ3n) is 3.86. The molecule has 5 nitrogen and oxygen atoms in total. The Hall–Kier alpha value is -1.88. The Morgan fingerprint density at radius 1 is 1.19 bits per heavy atom. The molecule has 21 heavy (non-hydrogen) atoms. The molecule has 1 fully saturated rings. The Kier molecular flexibility index (Phi) is 5.33. The number of carboxylic acid groups (broad SMARTS) is 1.